The smallest absolute Gasteiger partial charge is 0.171 e. The summed E-state index contributed by atoms with van der Waals surface area (Å²) >= 11 is 13.0. The molecule has 0 aliphatic rings. The molecule has 2 heterocycles. The summed E-state index contributed by atoms with van der Waals surface area (Å²) in [5.41, 5.74) is 2.25. The van der Waals surface area contributed by atoms with Gasteiger partial charge in [0.15, 0.2) is 5.78 Å². The van der Waals surface area contributed by atoms with Crippen molar-refractivity contribution in [3.63, 3.8) is 0 Å². The zero-order valence-corrected chi connectivity index (χ0v) is 11.4. The summed E-state index contributed by atoms with van der Waals surface area (Å²) < 4.78 is 0.963. The molecule has 0 bridgehead atoms. The van der Waals surface area contributed by atoms with Gasteiger partial charge in [0.25, 0.3) is 0 Å². The van der Waals surface area contributed by atoms with Gasteiger partial charge in [-0.2, -0.15) is 0 Å². The number of pyridine rings is 1. The van der Waals surface area contributed by atoms with Crippen LogP contribution in [0, 0.1) is 6.92 Å². The highest BCUT2D eigenvalue weighted by molar-refractivity contribution is 7.20. The fourth-order valence-corrected chi connectivity index (χ4v) is 2.98. The molecule has 88 valence electrons. The first kappa shape index (κ1) is 12.6. The highest BCUT2D eigenvalue weighted by Crippen LogP contribution is 2.31. The van der Waals surface area contributed by atoms with Gasteiger partial charge in [-0.05, 0) is 24.6 Å². The predicted octanol–water partition coefficient (Wildman–Crippen LogP) is 4.18. The second-order valence-corrected chi connectivity index (χ2v) is 5.89. The molecule has 0 radical (unpaired) electrons. The van der Waals surface area contributed by atoms with E-state index in [-0.39, 0.29) is 12.2 Å². The maximum Gasteiger partial charge on any atom is 0.171 e. The second-order valence-electron chi connectivity index (χ2n) is 3.60. The fraction of sp³-hybridized carbons (Fsp3) is 0.167. The Morgan fingerprint density at radius 1 is 1.47 bits per heavy atom. The van der Waals surface area contributed by atoms with E-state index in [1.807, 2.05) is 19.1 Å². The topological polar surface area (TPSA) is 30.0 Å². The minimum absolute atomic E-state index is 0.0556. The van der Waals surface area contributed by atoms with Crippen LogP contribution in [0.2, 0.25) is 8.67 Å². The van der Waals surface area contributed by atoms with E-state index in [0.717, 1.165) is 11.3 Å². The standard InChI is InChI=1S/C12H9Cl2NOS/c1-7-3-2-4-15-9(7)6-10(16)8-5-11(13)17-12(8)14/h2-5H,6H2,1H3. The lowest BCUT2D eigenvalue weighted by molar-refractivity contribution is 0.0992. The third-order valence-corrected chi connectivity index (χ3v) is 3.89. The third kappa shape index (κ3) is 2.86. The first-order chi connectivity index (χ1) is 8.08. The van der Waals surface area contributed by atoms with E-state index in [4.69, 9.17) is 23.2 Å². The van der Waals surface area contributed by atoms with Crippen LogP contribution < -0.4 is 0 Å². The Hall–Kier alpha value is -0.900. The van der Waals surface area contributed by atoms with E-state index in [1.165, 1.54) is 11.3 Å². The van der Waals surface area contributed by atoms with Gasteiger partial charge in [-0.25, -0.2) is 0 Å². The number of thiophene rings is 1. The molecule has 2 aromatic heterocycles. The molecule has 0 N–H and O–H groups in total. The van der Waals surface area contributed by atoms with Crippen molar-refractivity contribution >= 4 is 40.3 Å². The third-order valence-electron chi connectivity index (χ3n) is 2.40. The van der Waals surface area contributed by atoms with Gasteiger partial charge in [0.1, 0.15) is 4.34 Å². The lowest BCUT2D eigenvalue weighted by Gasteiger charge is -2.02. The molecule has 2 nitrogen and oxygen atoms in total. The Bertz CT molecular complexity index is 565. The highest BCUT2D eigenvalue weighted by atomic mass is 35.5. The molecule has 17 heavy (non-hydrogen) atoms. The molecule has 0 unspecified atom stereocenters. The molecule has 0 saturated heterocycles. The number of carbonyl (C=O) groups is 1. The molecular weight excluding hydrogens is 277 g/mol. The van der Waals surface area contributed by atoms with Gasteiger partial charge < -0.3 is 0 Å². The average molecular weight is 286 g/mol. The number of aromatic nitrogens is 1. The molecule has 0 aliphatic heterocycles. The van der Waals surface area contributed by atoms with E-state index in [0.29, 0.717) is 14.2 Å². The number of nitrogens with zero attached hydrogens (tertiary/aromatic N) is 1. The van der Waals surface area contributed by atoms with Crippen LogP contribution in [-0.4, -0.2) is 10.8 Å². The minimum Gasteiger partial charge on any atom is -0.294 e. The SMILES string of the molecule is Cc1cccnc1CC(=O)c1cc(Cl)sc1Cl. The van der Waals surface area contributed by atoms with Gasteiger partial charge >= 0.3 is 0 Å². The second kappa shape index (κ2) is 5.17. The maximum atomic E-state index is 12.0. The van der Waals surface area contributed by atoms with E-state index in [9.17, 15) is 4.79 Å². The summed E-state index contributed by atoms with van der Waals surface area (Å²) in [5, 5.41) is 0. The average Bonchev–Trinajstić information content (AvgIpc) is 2.61. The van der Waals surface area contributed by atoms with Crippen molar-refractivity contribution in [2.45, 2.75) is 13.3 Å². The Labute approximate surface area is 113 Å². The first-order valence-electron chi connectivity index (χ1n) is 4.96. The van der Waals surface area contributed by atoms with Crippen molar-refractivity contribution in [1.29, 1.82) is 0 Å². The van der Waals surface area contributed by atoms with E-state index in [2.05, 4.69) is 4.98 Å². The molecule has 2 rings (SSSR count). The van der Waals surface area contributed by atoms with Crippen LogP contribution in [0.1, 0.15) is 21.6 Å². The van der Waals surface area contributed by atoms with Crippen molar-refractivity contribution in [3.8, 4) is 0 Å². The van der Waals surface area contributed by atoms with Gasteiger partial charge in [0.2, 0.25) is 0 Å². The normalized spacial score (nSPS) is 10.5. The summed E-state index contributed by atoms with van der Waals surface area (Å²) in [6.45, 7) is 1.93. The molecule has 0 aliphatic carbocycles. The molecule has 5 heteroatoms. The zero-order valence-electron chi connectivity index (χ0n) is 9.04. The Kier molecular flexibility index (Phi) is 3.82. The summed E-state index contributed by atoms with van der Waals surface area (Å²) in [4.78, 5) is 16.2. The van der Waals surface area contributed by atoms with E-state index >= 15 is 0 Å². The minimum atomic E-state index is -0.0556. The summed E-state index contributed by atoms with van der Waals surface area (Å²) in [7, 11) is 0. The van der Waals surface area contributed by atoms with Crippen molar-refractivity contribution in [2.75, 3.05) is 0 Å². The molecule has 0 aromatic carbocycles. The van der Waals surface area contributed by atoms with Crippen LogP contribution in [-0.2, 0) is 6.42 Å². The number of Topliss-reactive ketones (excluding diaryl/α,β-unsaturated/α-hetero) is 1. The Balaban J connectivity index is 2.23. The van der Waals surface area contributed by atoms with Crippen LogP contribution in [0.5, 0.6) is 0 Å². The lowest BCUT2D eigenvalue weighted by Crippen LogP contribution is -2.05. The molecule has 0 fully saturated rings. The number of carbonyl (C=O) groups excluding carboxylic acids is 1. The lowest BCUT2D eigenvalue weighted by atomic mass is 10.1. The number of ketones is 1. The number of hydrogen-bond acceptors (Lipinski definition) is 3. The van der Waals surface area contributed by atoms with Gasteiger partial charge in [-0.1, -0.05) is 29.3 Å². The summed E-state index contributed by atoms with van der Waals surface area (Å²) in [5.74, 6) is -0.0556. The summed E-state index contributed by atoms with van der Waals surface area (Å²) in [6, 6.07) is 5.38. The highest BCUT2D eigenvalue weighted by Gasteiger charge is 2.15. The van der Waals surface area contributed by atoms with Crippen LogP contribution >= 0.6 is 34.5 Å². The van der Waals surface area contributed by atoms with Gasteiger partial charge in [0, 0.05) is 11.8 Å². The fourth-order valence-electron chi connectivity index (χ4n) is 1.48. The largest absolute Gasteiger partial charge is 0.294 e. The monoisotopic (exact) mass is 285 g/mol. The molecule has 2 aromatic rings. The molecule has 0 saturated carbocycles. The molecule has 0 amide bonds. The van der Waals surface area contributed by atoms with Crippen molar-refractivity contribution in [2.24, 2.45) is 0 Å². The number of aryl methyl sites for hydroxylation is 1. The summed E-state index contributed by atoms with van der Waals surface area (Å²) in [6.07, 6.45) is 1.93. The van der Waals surface area contributed by atoms with E-state index in [1.54, 1.807) is 12.3 Å². The van der Waals surface area contributed by atoms with Crippen LogP contribution in [0.15, 0.2) is 24.4 Å². The number of rotatable bonds is 3. The Morgan fingerprint density at radius 2 is 2.24 bits per heavy atom. The van der Waals surface area contributed by atoms with Gasteiger partial charge in [0.05, 0.1) is 16.5 Å². The van der Waals surface area contributed by atoms with E-state index < -0.39 is 0 Å². The maximum absolute atomic E-state index is 12.0. The quantitative estimate of drug-likeness (QED) is 0.792. The van der Waals surface area contributed by atoms with Crippen LogP contribution in [0.3, 0.4) is 0 Å². The molecular formula is C12H9Cl2NOS. The van der Waals surface area contributed by atoms with Crippen molar-refractivity contribution < 1.29 is 4.79 Å². The van der Waals surface area contributed by atoms with Gasteiger partial charge in [-0.15, -0.1) is 11.3 Å². The Morgan fingerprint density at radius 3 is 2.82 bits per heavy atom. The van der Waals surface area contributed by atoms with Crippen LogP contribution in [0.4, 0.5) is 0 Å². The zero-order chi connectivity index (χ0) is 12.4. The number of hydrogen-bond donors (Lipinski definition) is 0. The molecule has 0 spiro atoms. The van der Waals surface area contributed by atoms with Crippen LogP contribution in [0.25, 0.3) is 0 Å². The number of halogens is 2. The predicted molar refractivity (Wildman–Crippen MR) is 71.3 cm³/mol. The van der Waals surface area contributed by atoms with Crippen molar-refractivity contribution in [1.82, 2.24) is 4.98 Å². The van der Waals surface area contributed by atoms with Gasteiger partial charge in [-0.3, -0.25) is 9.78 Å². The van der Waals surface area contributed by atoms with Crippen molar-refractivity contribution in [3.05, 3.63) is 49.9 Å². The molecule has 0 atom stereocenters. The first-order valence-corrected chi connectivity index (χ1v) is 6.53.